The van der Waals surface area contributed by atoms with Crippen LogP contribution < -0.4 is 5.32 Å². The van der Waals surface area contributed by atoms with Crippen LogP contribution >= 0.6 is 0 Å². The average Bonchev–Trinajstić information content (AvgIpc) is 2.66. The van der Waals surface area contributed by atoms with Gasteiger partial charge in [-0.2, -0.15) is 0 Å². The highest BCUT2D eigenvalue weighted by atomic mass is 16.2. The third-order valence-corrected chi connectivity index (χ3v) is 4.11. The van der Waals surface area contributed by atoms with Crippen molar-refractivity contribution in [2.75, 3.05) is 32.7 Å². The first kappa shape index (κ1) is 17.4. The molecule has 20 heavy (non-hydrogen) atoms. The third-order valence-electron chi connectivity index (χ3n) is 4.11. The maximum atomic E-state index is 12.1. The Hall–Kier alpha value is -0.610. The van der Waals surface area contributed by atoms with E-state index in [2.05, 4.69) is 37.9 Å². The fourth-order valence-electron chi connectivity index (χ4n) is 2.95. The van der Waals surface area contributed by atoms with E-state index in [1.165, 1.54) is 25.7 Å². The highest BCUT2D eigenvalue weighted by Crippen LogP contribution is 2.09. The van der Waals surface area contributed by atoms with Crippen LogP contribution in [0.15, 0.2) is 0 Å². The SMILES string of the molecule is CC(C)N(CCNCC(=O)N1CCCCCC1)C(C)C. The van der Waals surface area contributed by atoms with E-state index in [1.54, 1.807) is 0 Å². The standard InChI is InChI=1S/C16H33N3O/c1-14(2)19(15(3)4)12-9-17-13-16(20)18-10-7-5-6-8-11-18/h14-15,17H,5-13H2,1-4H3. The zero-order valence-electron chi connectivity index (χ0n) is 13.8. The molecule has 1 aliphatic heterocycles. The molecule has 1 rings (SSSR count). The zero-order chi connectivity index (χ0) is 15.0. The Kier molecular flexibility index (Phi) is 8.15. The Bertz CT molecular complexity index is 263. The maximum absolute atomic E-state index is 12.1. The van der Waals surface area contributed by atoms with Crippen LogP contribution in [0.4, 0.5) is 0 Å². The predicted octanol–water partition coefficient (Wildman–Crippen LogP) is 2.10. The molecule has 4 heteroatoms. The molecule has 0 unspecified atom stereocenters. The molecule has 0 aromatic carbocycles. The molecule has 4 nitrogen and oxygen atoms in total. The summed E-state index contributed by atoms with van der Waals surface area (Å²) in [5.41, 5.74) is 0. The Balaban J connectivity index is 2.20. The Morgan fingerprint density at radius 1 is 1.05 bits per heavy atom. The van der Waals surface area contributed by atoms with Crippen LogP contribution in [0.3, 0.4) is 0 Å². The van der Waals surface area contributed by atoms with Crippen LogP contribution in [-0.4, -0.2) is 60.5 Å². The van der Waals surface area contributed by atoms with Gasteiger partial charge < -0.3 is 10.2 Å². The summed E-state index contributed by atoms with van der Waals surface area (Å²) in [6.07, 6.45) is 4.88. The molecule has 0 bridgehead atoms. The average molecular weight is 283 g/mol. The number of carbonyl (C=O) groups is 1. The van der Waals surface area contributed by atoms with Crippen LogP contribution in [0.25, 0.3) is 0 Å². The van der Waals surface area contributed by atoms with E-state index in [0.29, 0.717) is 18.6 Å². The first-order valence-electron chi connectivity index (χ1n) is 8.26. The maximum Gasteiger partial charge on any atom is 0.236 e. The summed E-state index contributed by atoms with van der Waals surface area (Å²) >= 11 is 0. The first-order valence-corrected chi connectivity index (χ1v) is 8.26. The summed E-state index contributed by atoms with van der Waals surface area (Å²) in [5, 5.41) is 3.31. The van der Waals surface area contributed by atoms with Gasteiger partial charge in [0, 0.05) is 38.3 Å². The highest BCUT2D eigenvalue weighted by Gasteiger charge is 2.16. The van der Waals surface area contributed by atoms with Crippen molar-refractivity contribution < 1.29 is 4.79 Å². The number of hydrogen-bond acceptors (Lipinski definition) is 3. The molecule has 0 atom stereocenters. The molecule has 0 radical (unpaired) electrons. The number of carbonyl (C=O) groups excluding carboxylic acids is 1. The van der Waals surface area contributed by atoms with Gasteiger partial charge >= 0.3 is 0 Å². The van der Waals surface area contributed by atoms with E-state index < -0.39 is 0 Å². The van der Waals surface area contributed by atoms with Gasteiger partial charge in [0.05, 0.1) is 6.54 Å². The molecule has 1 amide bonds. The largest absolute Gasteiger partial charge is 0.342 e. The molecule has 1 N–H and O–H groups in total. The number of likely N-dealkylation sites (tertiary alicyclic amines) is 1. The van der Waals surface area contributed by atoms with Crippen molar-refractivity contribution in [1.82, 2.24) is 15.1 Å². The fraction of sp³-hybridized carbons (Fsp3) is 0.938. The van der Waals surface area contributed by atoms with Gasteiger partial charge in [-0.05, 0) is 40.5 Å². The molecule has 1 heterocycles. The van der Waals surface area contributed by atoms with E-state index in [0.717, 1.165) is 26.2 Å². The molecule has 1 saturated heterocycles. The summed E-state index contributed by atoms with van der Waals surface area (Å²) in [6.45, 7) is 13.2. The van der Waals surface area contributed by atoms with Gasteiger partial charge in [-0.25, -0.2) is 0 Å². The van der Waals surface area contributed by atoms with E-state index in [1.807, 2.05) is 4.90 Å². The summed E-state index contributed by atoms with van der Waals surface area (Å²) in [4.78, 5) is 16.6. The lowest BCUT2D eigenvalue weighted by atomic mass is 10.2. The van der Waals surface area contributed by atoms with Gasteiger partial charge in [-0.15, -0.1) is 0 Å². The Labute approximate surface area is 124 Å². The summed E-state index contributed by atoms with van der Waals surface area (Å²) in [5.74, 6) is 0.271. The Morgan fingerprint density at radius 3 is 2.10 bits per heavy atom. The highest BCUT2D eigenvalue weighted by molar-refractivity contribution is 5.78. The molecular weight excluding hydrogens is 250 g/mol. The molecule has 0 aromatic rings. The smallest absolute Gasteiger partial charge is 0.236 e. The van der Waals surface area contributed by atoms with Crippen molar-refractivity contribution in [3.63, 3.8) is 0 Å². The number of hydrogen-bond donors (Lipinski definition) is 1. The van der Waals surface area contributed by atoms with Crippen LogP contribution in [-0.2, 0) is 4.79 Å². The molecule has 0 spiro atoms. The topological polar surface area (TPSA) is 35.6 Å². The van der Waals surface area contributed by atoms with Crippen molar-refractivity contribution >= 4 is 5.91 Å². The van der Waals surface area contributed by atoms with E-state index >= 15 is 0 Å². The van der Waals surface area contributed by atoms with Gasteiger partial charge in [0.25, 0.3) is 0 Å². The summed E-state index contributed by atoms with van der Waals surface area (Å²) in [7, 11) is 0. The van der Waals surface area contributed by atoms with Gasteiger partial charge in [0.2, 0.25) is 5.91 Å². The van der Waals surface area contributed by atoms with Gasteiger partial charge in [0.15, 0.2) is 0 Å². The second-order valence-electron chi connectivity index (χ2n) is 6.40. The van der Waals surface area contributed by atoms with Gasteiger partial charge in [-0.1, -0.05) is 12.8 Å². The van der Waals surface area contributed by atoms with Gasteiger partial charge in [-0.3, -0.25) is 9.69 Å². The Morgan fingerprint density at radius 2 is 1.60 bits per heavy atom. The molecule has 1 aliphatic rings. The van der Waals surface area contributed by atoms with E-state index in [-0.39, 0.29) is 5.91 Å². The van der Waals surface area contributed by atoms with E-state index in [4.69, 9.17) is 0 Å². The van der Waals surface area contributed by atoms with Crippen molar-refractivity contribution in [3.8, 4) is 0 Å². The van der Waals surface area contributed by atoms with Crippen molar-refractivity contribution in [2.45, 2.75) is 65.5 Å². The number of nitrogens with one attached hydrogen (secondary N) is 1. The van der Waals surface area contributed by atoms with Crippen molar-refractivity contribution in [1.29, 1.82) is 0 Å². The van der Waals surface area contributed by atoms with Crippen LogP contribution in [0.5, 0.6) is 0 Å². The molecule has 0 aliphatic carbocycles. The normalized spacial score (nSPS) is 17.1. The molecule has 0 aromatic heterocycles. The second-order valence-corrected chi connectivity index (χ2v) is 6.40. The van der Waals surface area contributed by atoms with Gasteiger partial charge in [0.1, 0.15) is 0 Å². The zero-order valence-corrected chi connectivity index (χ0v) is 13.8. The monoisotopic (exact) mass is 283 g/mol. The van der Waals surface area contributed by atoms with Crippen LogP contribution in [0, 0.1) is 0 Å². The fourth-order valence-corrected chi connectivity index (χ4v) is 2.95. The number of rotatable bonds is 7. The predicted molar refractivity (Wildman–Crippen MR) is 84.9 cm³/mol. The second kappa shape index (κ2) is 9.35. The van der Waals surface area contributed by atoms with E-state index in [9.17, 15) is 4.79 Å². The first-order chi connectivity index (χ1) is 9.52. The van der Waals surface area contributed by atoms with Crippen LogP contribution in [0.1, 0.15) is 53.4 Å². The minimum Gasteiger partial charge on any atom is -0.342 e. The molecule has 0 saturated carbocycles. The molecule has 1 fully saturated rings. The lowest BCUT2D eigenvalue weighted by Gasteiger charge is -2.30. The summed E-state index contributed by atoms with van der Waals surface area (Å²) < 4.78 is 0. The molecule has 118 valence electrons. The lowest BCUT2D eigenvalue weighted by molar-refractivity contribution is -0.130. The quantitative estimate of drug-likeness (QED) is 0.727. The minimum absolute atomic E-state index is 0.271. The number of nitrogens with zero attached hydrogens (tertiary/aromatic N) is 2. The number of amides is 1. The summed E-state index contributed by atoms with van der Waals surface area (Å²) in [6, 6.07) is 1.11. The minimum atomic E-state index is 0.271. The third kappa shape index (κ3) is 6.23. The van der Waals surface area contributed by atoms with Crippen LogP contribution in [0.2, 0.25) is 0 Å². The van der Waals surface area contributed by atoms with Crippen molar-refractivity contribution in [2.24, 2.45) is 0 Å². The lowest BCUT2D eigenvalue weighted by Crippen LogP contribution is -2.44. The molecular formula is C16H33N3O. The van der Waals surface area contributed by atoms with Crippen molar-refractivity contribution in [3.05, 3.63) is 0 Å².